The van der Waals surface area contributed by atoms with Crippen LogP contribution in [0, 0.1) is 0 Å². The fourth-order valence-electron chi connectivity index (χ4n) is 2.71. The summed E-state index contributed by atoms with van der Waals surface area (Å²) in [5.41, 5.74) is 0.843. The van der Waals surface area contributed by atoms with Crippen LogP contribution in [0.4, 0.5) is 0 Å². The summed E-state index contributed by atoms with van der Waals surface area (Å²) in [4.78, 5) is 24.0. The van der Waals surface area contributed by atoms with Crippen LogP contribution in [0.15, 0.2) is 18.2 Å². The van der Waals surface area contributed by atoms with Crippen molar-refractivity contribution in [2.24, 2.45) is 0 Å². The van der Waals surface area contributed by atoms with Gasteiger partial charge in [-0.25, -0.2) is 0 Å². The molecule has 1 saturated heterocycles. The SMILES string of the molecule is O=C(Cc1ccc2c(c1)OCCO2)N[C@H]1CCCCNC1=O. The first-order chi connectivity index (χ1) is 10.7. The number of hydrogen-bond acceptors (Lipinski definition) is 4. The minimum absolute atomic E-state index is 0.0898. The van der Waals surface area contributed by atoms with Crippen molar-refractivity contribution in [1.29, 1.82) is 0 Å². The Hall–Kier alpha value is -2.24. The van der Waals surface area contributed by atoms with Crippen LogP contribution in [-0.2, 0) is 16.0 Å². The van der Waals surface area contributed by atoms with Crippen molar-refractivity contribution in [3.8, 4) is 11.5 Å². The molecule has 3 rings (SSSR count). The van der Waals surface area contributed by atoms with Gasteiger partial charge in [0.25, 0.3) is 0 Å². The van der Waals surface area contributed by atoms with Gasteiger partial charge in [0.1, 0.15) is 19.3 Å². The summed E-state index contributed by atoms with van der Waals surface area (Å²) in [7, 11) is 0. The van der Waals surface area contributed by atoms with E-state index in [1.165, 1.54) is 0 Å². The van der Waals surface area contributed by atoms with E-state index < -0.39 is 6.04 Å². The summed E-state index contributed by atoms with van der Waals surface area (Å²) in [5.74, 6) is 1.13. The Balaban J connectivity index is 1.60. The minimum Gasteiger partial charge on any atom is -0.486 e. The Bertz CT molecular complexity index is 573. The number of fused-ring (bicyclic) bond motifs is 1. The molecule has 2 N–H and O–H groups in total. The molecule has 1 aromatic carbocycles. The van der Waals surface area contributed by atoms with Crippen molar-refractivity contribution < 1.29 is 19.1 Å². The Morgan fingerprint density at radius 1 is 1.23 bits per heavy atom. The molecule has 2 heterocycles. The van der Waals surface area contributed by atoms with Gasteiger partial charge in [0.05, 0.1) is 6.42 Å². The lowest BCUT2D eigenvalue weighted by molar-refractivity contribution is -0.128. The quantitative estimate of drug-likeness (QED) is 0.865. The number of ether oxygens (including phenoxy) is 2. The third-order valence-corrected chi connectivity index (χ3v) is 3.84. The Morgan fingerprint density at radius 2 is 2.05 bits per heavy atom. The lowest BCUT2D eigenvalue weighted by Gasteiger charge is -2.19. The summed E-state index contributed by atoms with van der Waals surface area (Å²) in [5, 5.41) is 5.63. The van der Waals surface area contributed by atoms with Crippen LogP contribution in [0.3, 0.4) is 0 Å². The third kappa shape index (κ3) is 3.50. The van der Waals surface area contributed by atoms with Gasteiger partial charge in [0.2, 0.25) is 11.8 Å². The molecule has 2 amide bonds. The van der Waals surface area contributed by atoms with Gasteiger partial charge in [-0.05, 0) is 37.0 Å². The van der Waals surface area contributed by atoms with Crippen molar-refractivity contribution in [2.75, 3.05) is 19.8 Å². The van der Waals surface area contributed by atoms with Crippen molar-refractivity contribution in [3.05, 3.63) is 23.8 Å². The van der Waals surface area contributed by atoms with Gasteiger partial charge >= 0.3 is 0 Å². The zero-order chi connectivity index (χ0) is 15.4. The van der Waals surface area contributed by atoms with Crippen LogP contribution in [0.1, 0.15) is 24.8 Å². The predicted molar refractivity (Wildman–Crippen MR) is 79.9 cm³/mol. The first-order valence-electron chi connectivity index (χ1n) is 7.68. The van der Waals surface area contributed by atoms with Gasteiger partial charge in [-0.2, -0.15) is 0 Å². The van der Waals surface area contributed by atoms with Gasteiger partial charge in [0, 0.05) is 6.54 Å². The van der Waals surface area contributed by atoms with Gasteiger partial charge in [-0.3, -0.25) is 9.59 Å². The molecule has 0 aliphatic carbocycles. The van der Waals surface area contributed by atoms with E-state index in [9.17, 15) is 9.59 Å². The fourth-order valence-corrected chi connectivity index (χ4v) is 2.71. The van der Waals surface area contributed by atoms with Crippen LogP contribution >= 0.6 is 0 Å². The second kappa shape index (κ2) is 6.68. The van der Waals surface area contributed by atoms with Crippen molar-refractivity contribution in [2.45, 2.75) is 31.7 Å². The molecule has 0 spiro atoms. The average molecular weight is 304 g/mol. The molecule has 1 atom stereocenters. The minimum atomic E-state index is -0.424. The molecule has 22 heavy (non-hydrogen) atoms. The number of benzene rings is 1. The number of rotatable bonds is 3. The van der Waals surface area contributed by atoms with E-state index in [0.717, 1.165) is 18.4 Å². The standard InChI is InChI=1S/C16H20N2O4/c19-15(18-12-3-1-2-6-17-16(12)20)10-11-4-5-13-14(9-11)22-8-7-21-13/h4-5,9,12H,1-3,6-8,10H2,(H,17,20)(H,18,19)/t12-/m0/s1. The van der Waals surface area contributed by atoms with Crippen LogP contribution in [0.5, 0.6) is 11.5 Å². The number of carbonyl (C=O) groups excluding carboxylic acids is 2. The molecule has 6 heteroatoms. The Morgan fingerprint density at radius 3 is 2.91 bits per heavy atom. The molecule has 0 radical (unpaired) electrons. The summed E-state index contributed by atoms with van der Waals surface area (Å²) in [6.07, 6.45) is 2.81. The maximum Gasteiger partial charge on any atom is 0.242 e. The van der Waals surface area contributed by atoms with Gasteiger partial charge in [-0.15, -0.1) is 0 Å². The lowest BCUT2D eigenvalue weighted by Crippen LogP contribution is -2.45. The van der Waals surface area contributed by atoms with Crippen LogP contribution in [0.25, 0.3) is 0 Å². The Kier molecular flexibility index (Phi) is 4.46. The highest BCUT2D eigenvalue weighted by atomic mass is 16.6. The maximum absolute atomic E-state index is 12.1. The molecule has 1 fully saturated rings. The second-order valence-electron chi connectivity index (χ2n) is 5.56. The average Bonchev–Trinajstić information content (AvgIpc) is 2.72. The predicted octanol–water partition coefficient (Wildman–Crippen LogP) is 0.785. The summed E-state index contributed by atoms with van der Waals surface area (Å²) >= 11 is 0. The van der Waals surface area contributed by atoms with Crippen LogP contribution < -0.4 is 20.1 Å². The van der Waals surface area contributed by atoms with Crippen LogP contribution in [-0.4, -0.2) is 37.6 Å². The molecule has 2 aliphatic heterocycles. The summed E-state index contributed by atoms with van der Waals surface area (Å²) < 4.78 is 11.0. The zero-order valence-corrected chi connectivity index (χ0v) is 12.4. The maximum atomic E-state index is 12.1. The van der Waals surface area contributed by atoms with E-state index in [0.29, 0.717) is 37.7 Å². The van der Waals surface area contributed by atoms with Gasteiger partial charge < -0.3 is 20.1 Å². The topological polar surface area (TPSA) is 76.7 Å². The first-order valence-corrected chi connectivity index (χ1v) is 7.68. The molecule has 0 saturated carbocycles. The smallest absolute Gasteiger partial charge is 0.242 e. The summed E-state index contributed by atoms with van der Waals surface area (Å²) in [6.45, 7) is 1.75. The van der Waals surface area contributed by atoms with E-state index in [2.05, 4.69) is 10.6 Å². The molecular formula is C16H20N2O4. The lowest BCUT2D eigenvalue weighted by atomic mass is 10.1. The molecule has 1 aromatic rings. The fraction of sp³-hybridized carbons (Fsp3) is 0.500. The molecule has 6 nitrogen and oxygen atoms in total. The highest BCUT2D eigenvalue weighted by Crippen LogP contribution is 2.30. The monoisotopic (exact) mass is 304 g/mol. The molecular weight excluding hydrogens is 284 g/mol. The van der Waals surface area contributed by atoms with Crippen molar-refractivity contribution in [3.63, 3.8) is 0 Å². The van der Waals surface area contributed by atoms with Crippen LogP contribution in [0.2, 0.25) is 0 Å². The number of nitrogens with one attached hydrogen (secondary N) is 2. The number of carbonyl (C=O) groups is 2. The van der Waals surface area contributed by atoms with E-state index in [4.69, 9.17) is 9.47 Å². The van der Waals surface area contributed by atoms with Gasteiger partial charge in [-0.1, -0.05) is 6.07 Å². The number of amides is 2. The largest absolute Gasteiger partial charge is 0.486 e. The molecule has 0 bridgehead atoms. The van der Waals surface area contributed by atoms with E-state index >= 15 is 0 Å². The van der Waals surface area contributed by atoms with E-state index in [-0.39, 0.29) is 18.2 Å². The van der Waals surface area contributed by atoms with E-state index in [1.54, 1.807) is 0 Å². The second-order valence-corrected chi connectivity index (χ2v) is 5.56. The Labute approximate surface area is 129 Å². The third-order valence-electron chi connectivity index (χ3n) is 3.84. The van der Waals surface area contributed by atoms with Crippen molar-refractivity contribution in [1.82, 2.24) is 10.6 Å². The highest BCUT2D eigenvalue weighted by Gasteiger charge is 2.22. The first kappa shape index (κ1) is 14.7. The molecule has 0 aromatic heterocycles. The normalized spacial score (nSPS) is 20.7. The number of hydrogen-bond donors (Lipinski definition) is 2. The highest BCUT2D eigenvalue weighted by molar-refractivity contribution is 5.88. The molecule has 118 valence electrons. The summed E-state index contributed by atoms with van der Waals surface area (Å²) in [6, 6.07) is 5.06. The van der Waals surface area contributed by atoms with Gasteiger partial charge in [0.15, 0.2) is 11.5 Å². The zero-order valence-electron chi connectivity index (χ0n) is 12.4. The molecule has 0 unspecified atom stereocenters. The molecule has 2 aliphatic rings. The van der Waals surface area contributed by atoms with E-state index in [1.807, 2.05) is 18.2 Å². The van der Waals surface area contributed by atoms with Crippen molar-refractivity contribution >= 4 is 11.8 Å².